The zero-order valence-corrected chi connectivity index (χ0v) is 12.3. The van der Waals surface area contributed by atoms with Crippen LogP contribution < -0.4 is 16.7 Å². The van der Waals surface area contributed by atoms with Gasteiger partial charge in [0.2, 0.25) is 0 Å². The molecule has 1 aromatic heterocycles. The number of imidazole rings is 1. The molecule has 0 bridgehead atoms. The fraction of sp³-hybridized carbons (Fsp3) is 0. The number of benzene rings is 2. The highest BCUT2D eigenvalue weighted by Gasteiger charge is 2.10. The number of fused-ring (bicyclic) bond motifs is 1. The Balaban J connectivity index is 1.95. The number of nitrogen functional groups attached to an aromatic ring is 1. The number of halogens is 1. The lowest BCUT2D eigenvalue weighted by Gasteiger charge is -2.08. The Morgan fingerprint density at radius 3 is 2.57 bits per heavy atom. The molecule has 0 aliphatic heterocycles. The zero-order chi connectivity index (χ0) is 15.0. The summed E-state index contributed by atoms with van der Waals surface area (Å²) in [5, 5.41) is 2.78. The maximum atomic E-state index is 12.2. The van der Waals surface area contributed by atoms with Gasteiger partial charge in [-0.15, -0.1) is 0 Å². The molecule has 0 aliphatic rings. The van der Waals surface area contributed by atoms with Gasteiger partial charge in [0.1, 0.15) is 0 Å². The molecule has 7 heteroatoms. The molecule has 0 radical (unpaired) electrons. The largest absolute Gasteiger partial charge is 0.399 e. The van der Waals surface area contributed by atoms with E-state index in [4.69, 9.17) is 5.73 Å². The number of aromatic amines is 2. The number of hydrogen-bond donors (Lipinski definition) is 4. The van der Waals surface area contributed by atoms with Crippen LogP contribution in [0, 0.1) is 0 Å². The molecule has 0 unspecified atom stereocenters. The van der Waals surface area contributed by atoms with E-state index in [-0.39, 0.29) is 11.6 Å². The van der Waals surface area contributed by atoms with E-state index in [0.717, 1.165) is 0 Å². The lowest BCUT2D eigenvalue weighted by Crippen LogP contribution is -2.12. The van der Waals surface area contributed by atoms with Crippen molar-refractivity contribution in [2.24, 2.45) is 0 Å². The summed E-state index contributed by atoms with van der Waals surface area (Å²) in [6.07, 6.45) is 0. The van der Waals surface area contributed by atoms with Gasteiger partial charge >= 0.3 is 5.69 Å². The number of amides is 1. The first kappa shape index (κ1) is 13.4. The van der Waals surface area contributed by atoms with Crippen LogP contribution in [0.5, 0.6) is 0 Å². The summed E-state index contributed by atoms with van der Waals surface area (Å²) in [4.78, 5) is 28.8. The second-order valence-corrected chi connectivity index (χ2v) is 5.39. The van der Waals surface area contributed by atoms with Crippen LogP contribution in [0.2, 0.25) is 0 Å². The molecule has 1 amide bonds. The third kappa shape index (κ3) is 2.68. The summed E-state index contributed by atoms with van der Waals surface area (Å²) in [5.41, 5.74) is 8.19. The molecule has 0 atom stereocenters. The third-order valence-corrected chi connectivity index (χ3v) is 3.66. The smallest absolute Gasteiger partial charge is 0.323 e. The van der Waals surface area contributed by atoms with Crippen molar-refractivity contribution in [1.82, 2.24) is 9.97 Å². The predicted octanol–water partition coefficient (Wildman–Crippen LogP) is 2.45. The van der Waals surface area contributed by atoms with Crippen LogP contribution in [0.3, 0.4) is 0 Å². The van der Waals surface area contributed by atoms with Gasteiger partial charge in [0, 0.05) is 15.7 Å². The number of carbonyl (C=O) groups is 1. The highest BCUT2D eigenvalue weighted by Crippen LogP contribution is 2.27. The lowest BCUT2D eigenvalue weighted by molar-refractivity contribution is 0.102. The van der Waals surface area contributed by atoms with E-state index < -0.39 is 0 Å². The zero-order valence-electron chi connectivity index (χ0n) is 10.7. The maximum absolute atomic E-state index is 12.2. The highest BCUT2D eigenvalue weighted by atomic mass is 79.9. The van der Waals surface area contributed by atoms with E-state index in [0.29, 0.717) is 32.4 Å². The van der Waals surface area contributed by atoms with Gasteiger partial charge in [-0.25, -0.2) is 4.79 Å². The van der Waals surface area contributed by atoms with E-state index in [9.17, 15) is 9.59 Å². The molecule has 6 nitrogen and oxygen atoms in total. The second-order valence-electron chi connectivity index (χ2n) is 4.54. The number of anilines is 2. The summed E-state index contributed by atoms with van der Waals surface area (Å²) in [7, 11) is 0. The molecule has 2 aromatic carbocycles. The lowest BCUT2D eigenvalue weighted by atomic mass is 10.2. The Hall–Kier alpha value is -2.54. The summed E-state index contributed by atoms with van der Waals surface area (Å²) in [6, 6.07) is 10.1. The Kier molecular flexibility index (Phi) is 3.26. The topological polar surface area (TPSA) is 104 Å². The van der Waals surface area contributed by atoms with E-state index in [1.54, 1.807) is 36.4 Å². The van der Waals surface area contributed by atoms with Crippen molar-refractivity contribution in [1.29, 1.82) is 0 Å². The molecule has 3 aromatic rings. The van der Waals surface area contributed by atoms with Crippen molar-refractivity contribution in [3.63, 3.8) is 0 Å². The molecule has 106 valence electrons. The molecular weight excluding hydrogens is 336 g/mol. The second kappa shape index (κ2) is 5.10. The number of H-pyrrole nitrogens is 2. The van der Waals surface area contributed by atoms with Crippen molar-refractivity contribution in [3.05, 3.63) is 56.9 Å². The first-order valence-electron chi connectivity index (χ1n) is 6.11. The van der Waals surface area contributed by atoms with Crippen molar-refractivity contribution < 1.29 is 4.79 Å². The number of nitrogens with two attached hydrogens (primary N) is 1. The van der Waals surface area contributed by atoms with Crippen LogP contribution in [-0.4, -0.2) is 15.9 Å². The van der Waals surface area contributed by atoms with Crippen molar-refractivity contribution in [2.45, 2.75) is 0 Å². The predicted molar refractivity (Wildman–Crippen MR) is 85.4 cm³/mol. The summed E-state index contributed by atoms with van der Waals surface area (Å²) in [5.74, 6) is -0.278. The molecule has 21 heavy (non-hydrogen) atoms. The fourth-order valence-corrected chi connectivity index (χ4v) is 2.47. The van der Waals surface area contributed by atoms with Crippen molar-refractivity contribution in [2.75, 3.05) is 11.1 Å². The van der Waals surface area contributed by atoms with E-state index in [1.165, 1.54) is 0 Å². The van der Waals surface area contributed by atoms with Gasteiger partial charge < -0.3 is 21.0 Å². The average Bonchev–Trinajstić information content (AvgIpc) is 2.78. The van der Waals surface area contributed by atoms with Gasteiger partial charge in [-0.3, -0.25) is 4.79 Å². The first-order valence-corrected chi connectivity index (χ1v) is 6.90. The highest BCUT2D eigenvalue weighted by molar-refractivity contribution is 9.10. The Morgan fingerprint density at radius 2 is 1.86 bits per heavy atom. The van der Waals surface area contributed by atoms with E-state index >= 15 is 0 Å². The minimum absolute atomic E-state index is 0.278. The first-order chi connectivity index (χ1) is 10.0. The minimum atomic E-state index is -0.295. The molecular formula is C14H11BrN4O2. The van der Waals surface area contributed by atoms with E-state index in [1.807, 2.05) is 0 Å². The number of rotatable bonds is 2. The van der Waals surface area contributed by atoms with E-state index in [2.05, 4.69) is 31.2 Å². The third-order valence-electron chi connectivity index (χ3n) is 3.00. The SMILES string of the molecule is Nc1cccc(C(=O)Nc2cc3[nH]c(=O)[nH]c3cc2Br)c1. The van der Waals surface area contributed by atoms with Crippen LogP contribution in [0.15, 0.2) is 45.7 Å². The van der Waals surface area contributed by atoms with Crippen LogP contribution in [0.4, 0.5) is 11.4 Å². The van der Waals surface area contributed by atoms with Gasteiger partial charge in [-0.05, 0) is 46.3 Å². The fourth-order valence-electron chi connectivity index (χ4n) is 2.03. The minimum Gasteiger partial charge on any atom is -0.399 e. The van der Waals surface area contributed by atoms with Gasteiger partial charge in [-0.2, -0.15) is 0 Å². The number of aromatic nitrogens is 2. The van der Waals surface area contributed by atoms with Crippen LogP contribution >= 0.6 is 15.9 Å². The number of hydrogen-bond acceptors (Lipinski definition) is 3. The Labute approximate surface area is 127 Å². The number of carbonyl (C=O) groups excluding carboxylic acids is 1. The molecule has 3 rings (SSSR count). The normalized spacial score (nSPS) is 10.7. The Morgan fingerprint density at radius 1 is 1.14 bits per heavy atom. The van der Waals surface area contributed by atoms with Gasteiger partial charge in [-0.1, -0.05) is 6.07 Å². The van der Waals surface area contributed by atoms with Crippen LogP contribution in [0.1, 0.15) is 10.4 Å². The average molecular weight is 347 g/mol. The molecule has 0 aliphatic carbocycles. The molecule has 1 heterocycles. The summed E-state index contributed by atoms with van der Waals surface area (Å²) < 4.78 is 0.669. The summed E-state index contributed by atoms with van der Waals surface area (Å²) in [6.45, 7) is 0. The van der Waals surface area contributed by atoms with Gasteiger partial charge in [0.25, 0.3) is 5.91 Å². The van der Waals surface area contributed by atoms with Crippen molar-refractivity contribution in [3.8, 4) is 0 Å². The Bertz CT molecular complexity index is 897. The maximum Gasteiger partial charge on any atom is 0.323 e. The summed E-state index contributed by atoms with van der Waals surface area (Å²) >= 11 is 3.37. The number of nitrogens with one attached hydrogen (secondary N) is 3. The quantitative estimate of drug-likeness (QED) is 0.535. The monoisotopic (exact) mass is 346 g/mol. The van der Waals surface area contributed by atoms with Crippen molar-refractivity contribution >= 4 is 44.2 Å². The van der Waals surface area contributed by atoms with Crippen LogP contribution in [-0.2, 0) is 0 Å². The standard InChI is InChI=1S/C14H11BrN4O2/c15-9-5-11-12(19-14(21)18-11)6-10(9)17-13(20)7-2-1-3-8(16)4-7/h1-6H,16H2,(H,17,20)(H2,18,19,21). The molecule has 0 fully saturated rings. The molecule has 0 saturated heterocycles. The molecule has 0 saturated carbocycles. The molecule has 5 N–H and O–H groups in total. The van der Waals surface area contributed by atoms with Gasteiger partial charge in [0.05, 0.1) is 16.7 Å². The molecule has 0 spiro atoms. The van der Waals surface area contributed by atoms with Crippen LogP contribution in [0.25, 0.3) is 11.0 Å². The van der Waals surface area contributed by atoms with Gasteiger partial charge in [0.15, 0.2) is 0 Å².